The van der Waals surface area contributed by atoms with Crippen LogP contribution >= 0.6 is 11.3 Å². The Balaban J connectivity index is 2.03. The Hall–Kier alpha value is -1.14. The van der Waals surface area contributed by atoms with Gasteiger partial charge in [-0.25, -0.2) is 9.78 Å². The Bertz CT molecular complexity index is 361. The fourth-order valence-corrected chi connectivity index (χ4v) is 2.43. The number of aromatic nitrogens is 1. The number of piperazine rings is 1. The van der Waals surface area contributed by atoms with Gasteiger partial charge in [0.2, 0.25) is 0 Å². The van der Waals surface area contributed by atoms with Crippen molar-refractivity contribution in [2.45, 2.75) is 6.92 Å². The van der Waals surface area contributed by atoms with Gasteiger partial charge in [0.1, 0.15) is 4.88 Å². The van der Waals surface area contributed by atoms with Gasteiger partial charge in [0.25, 0.3) is 0 Å². The quantitative estimate of drug-likeness (QED) is 0.791. The number of carbonyl (C=O) groups is 1. The van der Waals surface area contributed by atoms with Gasteiger partial charge in [0.15, 0.2) is 5.13 Å². The molecular formula is C10H15N3O2S. The number of rotatable bonds is 3. The van der Waals surface area contributed by atoms with Crippen molar-refractivity contribution in [3.63, 3.8) is 0 Å². The van der Waals surface area contributed by atoms with Crippen LogP contribution in [0.1, 0.15) is 16.6 Å². The van der Waals surface area contributed by atoms with Crippen LogP contribution in [0.25, 0.3) is 0 Å². The van der Waals surface area contributed by atoms with E-state index in [1.165, 1.54) is 11.3 Å². The molecule has 1 aromatic rings. The largest absolute Gasteiger partial charge is 0.462 e. The van der Waals surface area contributed by atoms with Crippen molar-refractivity contribution >= 4 is 22.4 Å². The minimum absolute atomic E-state index is 0.276. The molecule has 2 rings (SSSR count). The van der Waals surface area contributed by atoms with Crippen molar-refractivity contribution in [1.29, 1.82) is 0 Å². The number of nitrogens with one attached hydrogen (secondary N) is 1. The molecule has 2 heterocycles. The summed E-state index contributed by atoms with van der Waals surface area (Å²) in [4.78, 5) is 18.5. The SMILES string of the molecule is CCOC(=O)c1cnc(N2CCNCC2)s1. The van der Waals surface area contributed by atoms with E-state index in [0.717, 1.165) is 31.3 Å². The van der Waals surface area contributed by atoms with Crippen molar-refractivity contribution in [1.82, 2.24) is 10.3 Å². The number of esters is 1. The van der Waals surface area contributed by atoms with Gasteiger partial charge in [-0.05, 0) is 6.92 Å². The van der Waals surface area contributed by atoms with Gasteiger partial charge < -0.3 is 15.0 Å². The third kappa shape index (κ3) is 2.51. The number of nitrogens with zero attached hydrogens (tertiary/aromatic N) is 2. The summed E-state index contributed by atoms with van der Waals surface area (Å²) in [5.74, 6) is -0.276. The molecular weight excluding hydrogens is 226 g/mol. The normalized spacial score (nSPS) is 16.2. The van der Waals surface area contributed by atoms with Crippen LogP contribution in [0.4, 0.5) is 5.13 Å². The average molecular weight is 241 g/mol. The third-order valence-electron chi connectivity index (χ3n) is 2.36. The zero-order valence-electron chi connectivity index (χ0n) is 9.23. The molecule has 88 valence electrons. The molecule has 16 heavy (non-hydrogen) atoms. The summed E-state index contributed by atoms with van der Waals surface area (Å²) in [6, 6.07) is 0. The van der Waals surface area contributed by atoms with Crippen LogP contribution in [-0.2, 0) is 4.74 Å². The molecule has 1 aliphatic heterocycles. The van der Waals surface area contributed by atoms with Crippen LogP contribution in [0.5, 0.6) is 0 Å². The molecule has 0 amide bonds. The number of hydrogen-bond acceptors (Lipinski definition) is 6. The molecule has 0 aliphatic carbocycles. The van der Waals surface area contributed by atoms with Crippen molar-refractivity contribution in [3.8, 4) is 0 Å². The third-order valence-corrected chi connectivity index (χ3v) is 3.40. The van der Waals surface area contributed by atoms with Crippen LogP contribution in [0.3, 0.4) is 0 Å². The van der Waals surface area contributed by atoms with Crippen LogP contribution in [0, 0.1) is 0 Å². The van der Waals surface area contributed by atoms with Gasteiger partial charge in [0, 0.05) is 26.2 Å². The topological polar surface area (TPSA) is 54.5 Å². The molecule has 1 N–H and O–H groups in total. The first-order valence-electron chi connectivity index (χ1n) is 5.40. The van der Waals surface area contributed by atoms with Gasteiger partial charge >= 0.3 is 5.97 Å². The lowest BCUT2D eigenvalue weighted by Gasteiger charge is -2.26. The summed E-state index contributed by atoms with van der Waals surface area (Å²) in [6.07, 6.45) is 1.60. The van der Waals surface area contributed by atoms with Gasteiger partial charge in [-0.15, -0.1) is 0 Å². The van der Waals surface area contributed by atoms with E-state index in [-0.39, 0.29) is 5.97 Å². The Labute approximate surface area is 98.4 Å². The highest BCUT2D eigenvalue weighted by molar-refractivity contribution is 7.17. The maximum Gasteiger partial charge on any atom is 0.350 e. The van der Waals surface area contributed by atoms with Gasteiger partial charge in [-0.1, -0.05) is 11.3 Å². The second-order valence-corrected chi connectivity index (χ2v) is 4.47. The fraction of sp³-hybridized carbons (Fsp3) is 0.600. The maximum absolute atomic E-state index is 11.5. The minimum Gasteiger partial charge on any atom is -0.462 e. The lowest BCUT2D eigenvalue weighted by Crippen LogP contribution is -2.43. The van der Waals surface area contributed by atoms with Crippen LogP contribution in [0.2, 0.25) is 0 Å². The van der Waals surface area contributed by atoms with Gasteiger partial charge in [-0.3, -0.25) is 0 Å². The standard InChI is InChI=1S/C10H15N3O2S/c1-2-15-9(14)8-7-12-10(16-8)13-5-3-11-4-6-13/h7,11H,2-6H2,1H3. The predicted molar refractivity (Wildman–Crippen MR) is 63.2 cm³/mol. The Morgan fingerprint density at radius 3 is 3.06 bits per heavy atom. The highest BCUT2D eigenvalue weighted by Crippen LogP contribution is 2.23. The minimum atomic E-state index is -0.276. The van der Waals surface area contributed by atoms with E-state index >= 15 is 0 Å². The summed E-state index contributed by atoms with van der Waals surface area (Å²) < 4.78 is 4.93. The summed E-state index contributed by atoms with van der Waals surface area (Å²) in [6.45, 7) is 6.02. The van der Waals surface area contributed by atoms with Crippen molar-refractivity contribution in [2.75, 3.05) is 37.7 Å². The van der Waals surface area contributed by atoms with E-state index in [1.54, 1.807) is 13.1 Å². The molecule has 0 spiro atoms. The first kappa shape index (κ1) is 11.3. The fourth-order valence-electron chi connectivity index (χ4n) is 1.56. The number of hydrogen-bond donors (Lipinski definition) is 1. The maximum atomic E-state index is 11.5. The smallest absolute Gasteiger partial charge is 0.350 e. The average Bonchev–Trinajstić information content (AvgIpc) is 2.80. The predicted octanol–water partition coefficient (Wildman–Crippen LogP) is 0.729. The summed E-state index contributed by atoms with van der Waals surface area (Å²) in [5.41, 5.74) is 0. The highest BCUT2D eigenvalue weighted by Gasteiger charge is 2.17. The van der Waals surface area contributed by atoms with Crippen molar-refractivity contribution < 1.29 is 9.53 Å². The van der Waals surface area contributed by atoms with Gasteiger partial charge in [0.05, 0.1) is 12.8 Å². The molecule has 1 fully saturated rings. The zero-order chi connectivity index (χ0) is 11.4. The molecule has 1 aromatic heterocycles. The van der Waals surface area contributed by atoms with Gasteiger partial charge in [-0.2, -0.15) is 0 Å². The molecule has 5 nitrogen and oxygen atoms in total. The molecule has 0 aromatic carbocycles. The number of ether oxygens (including phenoxy) is 1. The molecule has 0 radical (unpaired) electrons. The van der Waals surface area contributed by atoms with Crippen LogP contribution in [-0.4, -0.2) is 43.7 Å². The molecule has 0 unspecified atom stereocenters. The first-order chi connectivity index (χ1) is 7.81. The second-order valence-electron chi connectivity index (χ2n) is 3.46. The summed E-state index contributed by atoms with van der Waals surface area (Å²) in [7, 11) is 0. The first-order valence-corrected chi connectivity index (χ1v) is 6.21. The van der Waals surface area contributed by atoms with E-state index < -0.39 is 0 Å². The van der Waals surface area contributed by atoms with E-state index in [4.69, 9.17) is 4.74 Å². The van der Waals surface area contributed by atoms with Crippen molar-refractivity contribution in [3.05, 3.63) is 11.1 Å². The Morgan fingerprint density at radius 1 is 1.62 bits per heavy atom. The lowest BCUT2D eigenvalue weighted by molar-refractivity contribution is 0.0532. The Kier molecular flexibility index (Phi) is 3.74. The van der Waals surface area contributed by atoms with Crippen LogP contribution < -0.4 is 10.2 Å². The number of carbonyl (C=O) groups excluding carboxylic acids is 1. The molecule has 6 heteroatoms. The second kappa shape index (κ2) is 5.27. The number of anilines is 1. The molecule has 1 saturated heterocycles. The highest BCUT2D eigenvalue weighted by atomic mass is 32.1. The van der Waals surface area contributed by atoms with Crippen LogP contribution in [0.15, 0.2) is 6.20 Å². The van der Waals surface area contributed by atoms with Crippen molar-refractivity contribution in [2.24, 2.45) is 0 Å². The number of thiazole rings is 1. The summed E-state index contributed by atoms with van der Waals surface area (Å²) >= 11 is 1.40. The van der Waals surface area contributed by atoms with E-state index in [1.807, 2.05) is 0 Å². The van der Waals surface area contributed by atoms with E-state index in [0.29, 0.717) is 11.5 Å². The summed E-state index contributed by atoms with van der Waals surface area (Å²) in [5, 5.41) is 4.18. The molecule has 0 atom stereocenters. The lowest BCUT2D eigenvalue weighted by atomic mass is 10.4. The Morgan fingerprint density at radius 2 is 2.38 bits per heavy atom. The van der Waals surface area contributed by atoms with E-state index in [2.05, 4.69) is 15.2 Å². The van der Waals surface area contributed by atoms with E-state index in [9.17, 15) is 4.79 Å². The molecule has 1 aliphatic rings. The molecule has 0 saturated carbocycles. The zero-order valence-corrected chi connectivity index (χ0v) is 10.0. The molecule has 0 bridgehead atoms. The monoisotopic (exact) mass is 241 g/mol.